The molecule has 0 aliphatic carbocycles. The Morgan fingerprint density at radius 1 is 1.19 bits per heavy atom. The number of nitrogens with two attached hydrogens (primary N) is 1. The lowest BCUT2D eigenvalue weighted by atomic mass is 10.2. The molecule has 0 aliphatic heterocycles. The molecule has 0 bridgehead atoms. The van der Waals surface area contributed by atoms with Crippen molar-refractivity contribution >= 4 is 39.4 Å². The molecule has 1 aromatic carbocycles. The number of rotatable bonds is 1. The highest BCUT2D eigenvalue weighted by Gasteiger charge is 2.18. The summed E-state index contributed by atoms with van der Waals surface area (Å²) in [6.07, 6.45) is 0. The summed E-state index contributed by atoms with van der Waals surface area (Å²) in [5.41, 5.74) is 9.78. The SMILES string of the molecule is Cc1nc(N)c2c(C)c(C)n(-c3ccc(F)cc3I)c2n1. The van der Waals surface area contributed by atoms with Crippen molar-refractivity contribution in [1.29, 1.82) is 0 Å². The average Bonchev–Trinajstić information content (AvgIpc) is 2.63. The van der Waals surface area contributed by atoms with Crippen LogP contribution in [0.5, 0.6) is 0 Å². The van der Waals surface area contributed by atoms with Crippen LogP contribution >= 0.6 is 22.6 Å². The smallest absolute Gasteiger partial charge is 0.150 e. The summed E-state index contributed by atoms with van der Waals surface area (Å²) < 4.78 is 16.2. The minimum Gasteiger partial charge on any atom is -0.383 e. The van der Waals surface area contributed by atoms with E-state index >= 15 is 0 Å². The molecule has 3 aromatic rings. The minimum absolute atomic E-state index is 0.251. The number of nitrogen functional groups attached to an aromatic ring is 1. The van der Waals surface area contributed by atoms with Crippen molar-refractivity contribution in [3.63, 3.8) is 0 Å². The number of hydrogen-bond acceptors (Lipinski definition) is 3. The molecule has 0 unspecified atom stereocenters. The first kappa shape index (κ1) is 14.2. The average molecular weight is 396 g/mol. The highest BCUT2D eigenvalue weighted by atomic mass is 127. The van der Waals surface area contributed by atoms with E-state index < -0.39 is 0 Å². The van der Waals surface area contributed by atoms with Crippen molar-refractivity contribution in [1.82, 2.24) is 14.5 Å². The van der Waals surface area contributed by atoms with Gasteiger partial charge in [0.05, 0.1) is 11.1 Å². The van der Waals surface area contributed by atoms with Gasteiger partial charge in [0, 0.05) is 9.26 Å². The van der Waals surface area contributed by atoms with Crippen LogP contribution in [0.1, 0.15) is 17.1 Å². The molecule has 0 atom stereocenters. The summed E-state index contributed by atoms with van der Waals surface area (Å²) in [6.45, 7) is 5.82. The van der Waals surface area contributed by atoms with Gasteiger partial charge in [0.1, 0.15) is 17.5 Å². The summed E-state index contributed by atoms with van der Waals surface area (Å²) in [4.78, 5) is 8.77. The highest BCUT2D eigenvalue weighted by molar-refractivity contribution is 14.1. The normalized spacial score (nSPS) is 11.3. The van der Waals surface area contributed by atoms with Crippen molar-refractivity contribution in [2.45, 2.75) is 20.8 Å². The first-order valence-electron chi connectivity index (χ1n) is 6.47. The van der Waals surface area contributed by atoms with Gasteiger partial charge in [-0.05, 0) is 67.1 Å². The zero-order valence-electron chi connectivity index (χ0n) is 11.9. The van der Waals surface area contributed by atoms with Gasteiger partial charge in [-0.3, -0.25) is 4.57 Å². The molecule has 0 spiro atoms. The molecule has 0 saturated heterocycles. The van der Waals surface area contributed by atoms with Crippen LogP contribution in [0.4, 0.5) is 10.2 Å². The first-order chi connectivity index (χ1) is 9.90. The number of fused-ring (bicyclic) bond motifs is 1. The Bertz CT molecular complexity index is 870. The Balaban J connectivity index is 2.45. The van der Waals surface area contributed by atoms with Gasteiger partial charge < -0.3 is 5.73 Å². The third-order valence-corrected chi connectivity index (χ3v) is 4.51. The van der Waals surface area contributed by atoms with Gasteiger partial charge in [-0.2, -0.15) is 0 Å². The van der Waals surface area contributed by atoms with Gasteiger partial charge in [0.15, 0.2) is 5.65 Å². The van der Waals surface area contributed by atoms with Crippen LogP contribution in [0.25, 0.3) is 16.7 Å². The Morgan fingerprint density at radius 3 is 2.57 bits per heavy atom. The van der Waals surface area contributed by atoms with E-state index in [1.54, 1.807) is 6.07 Å². The summed E-state index contributed by atoms with van der Waals surface area (Å²) >= 11 is 2.13. The molecule has 3 rings (SSSR count). The van der Waals surface area contributed by atoms with Gasteiger partial charge in [0.25, 0.3) is 0 Å². The maximum Gasteiger partial charge on any atom is 0.150 e. The summed E-state index contributed by atoms with van der Waals surface area (Å²) in [7, 11) is 0. The Hall–Kier alpha value is -1.70. The fourth-order valence-corrected chi connectivity index (χ4v) is 3.28. The standard InChI is InChI=1S/C15H14FIN4/c1-7-8(2)21(12-5-4-10(16)6-11(12)17)15-13(7)14(18)19-9(3)20-15/h4-6H,1-3H3,(H2,18,19,20). The predicted molar refractivity (Wildman–Crippen MR) is 90.2 cm³/mol. The lowest BCUT2D eigenvalue weighted by molar-refractivity contribution is 0.626. The van der Waals surface area contributed by atoms with Crippen LogP contribution in [0, 0.1) is 30.2 Å². The van der Waals surface area contributed by atoms with Gasteiger partial charge in [0.2, 0.25) is 0 Å². The van der Waals surface area contributed by atoms with E-state index in [9.17, 15) is 4.39 Å². The minimum atomic E-state index is -0.251. The summed E-state index contributed by atoms with van der Waals surface area (Å²) in [6, 6.07) is 4.72. The first-order valence-corrected chi connectivity index (χ1v) is 7.55. The molecule has 0 saturated carbocycles. The number of aromatic nitrogens is 3. The molecular weight excluding hydrogens is 382 g/mol. The number of benzene rings is 1. The highest BCUT2D eigenvalue weighted by Crippen LogP contribution is 2.32. The lowest BCUT2D eigenvalue weighted by Crippen LogP contribution is -2.03. The topological polar surface area (TPSA) is 56.7 Å². The second-order valence-corrected chi connectivity index (χ2v) is 6.16. The van der Waals surface area contributed by atoms with Crippen molar-refractivity contribution < 1.29 is 4.39 Å². The van der Waals surface area contributed by atoms with E-state index in [0.29, 0.717) is 11.6 Å². The van der Waals surface area contributed by atoms with Gasteiger partial charge in [-0.25, -0.2) is 14.4 Å². The van der Waals surface area contributed by atoms with E-state index in [1.807, 2.05) is 25.3 Å². The van der Waals surface area contributed by atoms with E-state index in [2.05, 4.69) is 32.6 Å². The van der Waals surface area contributed by atoms with Crippen molar-refractivity contribution in [2.75, 3.05) is 5.73 Å². The largest absolute Gasteiger partial charge is 0.383 e. The van der Waals surface area contributed by atoms with E-state index in [1.165, 1.54) is 12.1 Å². The number of hydrogen-bond donors (Lipinski definition) is 1. The molecule has 0 amide bonds. The van der Waals surface area contributed by atoms with Crippen LogP contribution < -0.4 is 5.73 Å². The second-order valence-electron chi connectivity index (χ2n) is 5.00. The molecule has 21 heavy (non-hydrogen) atoms. The third kappa shape index (κ3) is 2.17. The Morgan fingerprint density at radius 2 is 1.90 bits per heavy atom. The molecule has 108 valence electrons. The number of aryl methyl sites for hydroxylation is 2. The molecule has 0 radical (unpaired) electrons. The number of nitrogens with zero attached hydrogens (tertiary/aromatic N) is 3. The monoisotopic (exact) mass is 396 g/mol. The van der Waals surface area contributed by atoms with Crippen LogP contribution in [-0.4, -0.2) is 14.5 Å². The summed E-state index contributed by atoms with van der Waals surface area (Å²) in [5.74, 6) is 0.851. The van der Waals surface area contributed by atoms with Crippen molar-refractivity contribution in [3.05, 3.63) is 44.7 Å². The van der Waals surface area contributed by atoms with Gasteiger partial charge in [-0.15, -0.1) is 0 Å². The molecule has 2 heterocycles. The van der Waals surface area contributed by atoms with Crippen LogP contribution in [0.3, 0.4) is 0 Å². The number of halogens is 2. The van der Waals surface area contributed by atoms with Gasteiger partial charge in [-0.1, -0.05) is 0 Å². The molecule has 6 heteroatoms. The fraction of sp³-hybridized carbons (Fsp3) is 0.200. The predicted octanol–water partition coefficient (Wildman–Crippen LogP) is 3.67. The van der Waals surface area contributed by atoms with Crippen molar-refractivity contribution in [3.8, 4) is 5.69 Å². The second kappa shape index (κ2) is 4.94. The van der Waals surface area contributed by atoms with E-state index in [4.69, 9.17) is 5.73 Å². The van der Waals surface area contributed by atoms with E-state index in [0.717, 1.165) is 31.5 Å². The molecular formula is C15H14FIN4. The molecule has 2 aromatic heterocycles. The zero-order chi connectivity index (χ0) is 15.3. The Kier molecular flexibility index (Phi) is 3.35. The maximum absolute atomic E-state index is 13.4. The van der Waals surface area contributed by atoms with Crippen LogP contribution in [-0.2, 0) is 0 Å². The molecule has 2 N–H and O–H groups in total. The fourth-order valence-electron chi connectivity index (χ4n) is 2.57. The van der Waals surface area contributed by atoms with Gasteiger partial charge >= 0.3 is 0 Å². The Labute approximate surface area is 135 Å². The zero-order valence-corrected chi connectivity index (χ0v) is 14.1. The molecule has 0 fully saturated rings. The summed E-state index contributed by atoms with van der Waals surface area (Å²) in [5, 5.41) is 0.859. The molecule has 0 aliphatic rings. The quantitative estimate of drug-likeness (QED) is 0.639. The third-order valence-electron chi connectivity index (χ3n) is 3.65. The van der Waals surface area contributed by atoms with Crippen molar-refractivity contribution in [2.24, 2.45) is 0 Å². The lowest BCUT2D eigenvalue weighted by Gasteiger charge is -2.10. The maximum atomic E-state index is 13.4. The molecule has 4 nitrogen and oxygen atoms in total. The number of anilines is 1. The van der Waals surface area contributed by atoms with Crippen LogP contribution in [0.2, 0.25) is 0 Å². The van der Waals surface area contributed by atoms with E-state index in [-0.39, 0.29) is 5.82 Å². The van der Waals surface area contributed by atoms with Crippen LogP contribution in [0.15, 0.2) is 18.2 Å².